The number of amides is 2. The number of ether oxygens (including phenoxy) is 1. The highest BCUT2D eigenvalue weighted by Crippen LogP contribution is 2.29. The van der Waals surface area contributed by atoms with Crippen LogP contribution in [0.3, 0.4) is 0 Å². The van der Waals surface area contributed by atoms with Crippen molar-refractivity contribution >= 4 is 6.03 Å². The van der Waals surface area contributed by atoms with E-state index in [1.54, 1.807) is 4.90 Å². The van der Waals surface area contributed by atoms with E-state index in [2.05, 4.69) is 11.4 Å². The Morgan fingerprint density at radius 3 is 2.72 bits per heavy atom. The minimum absolute atomic E-state index is 0.0828. The molecule has 1 aliphatic rings. The van der Waals surface area contributed by atoms with Gasteiger partial charge in [0, 0.05) is 6.54 Å². The predicted octanol–water partition coefficient (Wildman–Crippen LogP) is 2.76. The fourth-order valence-electron chi connectivity index (χ4n) is 3.20. The molecule has 2 amide bonds. The van der Waals surface area contributed by atoms with Crippen LogP contribution in [-0.4, -0.2) is 41.8 Å². The lowest BCUT2D eigenvalue weighted by Gasteiger charge is -2.36. The van der Waals surface area contributed by atoms with Gasteiger partial charge in [-0.2, -0.15) is 0 Å². The number of hydrogen-bond acceptors (Lipinski definition) is 3. The van der Waals surface area contributed by atoms with Crippen LogP contribution in [0.15, 0.2) is 54.6 Å². The minimum Gasteiger partial charge on any atom is -0.489 e. The van der Waals surface area contributed by atoms with E-state index < -0.39 is 0 Å². The number of carbonyl (C=O) groups excluding carboxylic acids is 1. The molecule has 0 radical (unpaired) electrons. The predicted molar refractivity (Wildman–Crippen MR) is 96.6 cm³/mol. The van der Waals surface area contributed by atoms with Crippen molar-refractivity contribution in [2.75, 3.05) is 19.7 Å². The Kier molecular flexibility index (Phi) is 5.56. The van der Waals surface area contributed by atoms with E-state index in [0.717, 1.165) is 17.7 Å². The summed E-state index contributed by atoms with van der Waals surface area (Å²) in [4.78, 5) is 14.3. The number of nitrogens with zero attached hydrogens (tertiary/aromatic N) is 1. The van der Waals surface area contributed by atoms with Crippen LogP contribution >= 0.6 is 0 Å². The van der Waals surface area contributed by atoms with Crippen LogP contribution in [0.1, 0.15) is 24.1 Å². The molecule has 0 saturated carbocycles. The largest absolute Gasteiger partial charge is 0.489 e. The average molecular weight is 340 g/mol. The Labute approximate surface area is 148 Å². The lowest BCUT2D eigenvalue weighted by molar-refractivity contribution is 0.123. The molecule has 0 bridgehead atoms. The van der Waals surface area contributed by atoms with E-state index in [1.807, 2.05) is 55.5 Å². The molecule has 0 aromatic heterocycles. The van der Waals surface area contributed by atoms with Gasteiger partial charge in [0.15, 0.2) is 0 Å². The van der Waals surface area contributed by atoms with Gasteiger partial charge in [0.25, 0.3) is 0 Å². The molecule has 0 spiro atoms. The molecule has 0 fully saturated rings. The summed E-state index contributed by atoms with van der Waals surface area (Å²) in [6.45, 7) is 2.84. The van der Waals surface area contributed by atoms with E-state index in [1.165, 1.54) is 5.56 Å². The van der Waals surface area contributed by atoms with Crippen molar-refractivity contribution in [1.29, 1.82) is 0 Å². The highest BCUT2D eigenvalue weighted by molar-refractivity contribution is 5.75. The lowest BCUT2D eigenvalue weighted by Crippen LogP contribution is -2.48. The van der Waals surface area contributed by atoms with Crippen LogP contribution in [0.5, 0.6) is 5.75 Å². The summed E-state index contributed by atoms with van der Waals surface area (Å²) in [5.74, 6) is 0.782. The monoisotopic (exact) mass is 340 g/mol. The first-order valence-electron chi connectivity index (χ1n) is 8.64. The summed E-state index contributed by atoms with van der Waals surface area (Å²) in [7, 11) is 0. The van der Waals surface area contributed by atoms with Crippen molar-refractivity contribution in [3.8, 4) is 5.75 Å². The highest BCUT2D eigenvalue weighted by Gasteiger charge is 2.30. The number of rotatable bonds is 5. The molecule has 2 unspecified atom stereocenters. The van der Waals surface area contributed by atoms with E-state index in [9.17, 15) is 9.90 Å². The van der Waals surface area contributed by atoms with Gasteiger partial charge < -0.3 is 20.1 Å². The van der Waals surface area contributed by atoms with E-state index in [4.69, 9.17) is 4.74 Å². The molecule has 3 rings (SSSR count). The molecular weight excluding hydrogens is 316 g/mol. The molecule has 0 saturated heterocycles. The molecule has 132 valence electrons. The van der Waals surface area contributed by atoms with Gasteiger partial charge in [-0.25, -0.2) is 4.79 Å². The third-order valence-corrected chi connectivity index (χ3v) is 4.47. The zero-order chi connectivity index (χ0) is 17.6. The standard InChI is InChI=1S/C20H24N2O3/c1-15(25-17-8-3-2-4-9-17)13-21-20(24)22-12-11-16-7-5-6-10-18(16)19(22)14-23/h2-10,15,19,23H,11-14H2,1H3,(H,21,24). The Hall–Kier alpha value is -2.53. The second kappa shape index (κ2) is 8.03. The van der Waals surface area contributed by atoms with Gasteiger partial charge in [-0.05, 0) is 36.6 Å². The Morgan fingerprint density at radius 1 is 1.24 bits per heavy atom. The fraction of sp³-hybridized carbons (Fsp3) is 0.350. The molecule has 5 heteroatoms. The summed E-state index contributed by atoms with van der Waals surface area (Å²) in [5, 5.41) is 12.7. The summed E-state index contributed by atoms with van der Waals surface area (Å²) in [6.07, 6.45) is 0.659. The van der Waals surface area contributed by atoms with Crippen molar-refractivity contribution in [3.05, 3.63) is 65.7 Å². The molecule has 2 aromatic carbocycles. The number of urea groups is 1. The molecule has 0 aliphatic carbocycles. The van der Waals surface area contributed by atoms with Gasteiger partial charge in [-0.1, -0.05) is 42.5 Å². The van der Waals surface area contributed by atoms with Gasteiger partial charge in [0.2, 0.25) is 0 Å². The third kappa shape index (κ3) is 4.12. The third-order valence-electron chi connectivity index (χ3n) is 4.47. The molecule has 1 aliphatic heterocycles. The van der Waals surface area contributed by atoms with E-state index in [-0.39, 0.29) is 24.8 Å². The van der Waals surface area contributed by atoms with Crippen molar-refractivity contribution in [1.82, 2.24) is 10.2 Å². The number of nitrogens with one attached hydrogen (secondary N) is 1. The Morgan fingerprint density at radius 2 is 1.96 bits per heavy atom. The first kappa shape index (κ1) is 17.3. The van der Waals surface area contributed by atoms with E-state index in [0.29, 0.717) is 13.1 Å². The van der Waals surface area contributed by atoms with Gasteiger partial charge >= 0.3 is 6.03 Å². The number of aliphatic hydroxyl groups is 1. The van der Waals surface area contributed by atoms with Crippen LogP contribution in [0.25, 0.3) is 0 Å². The van der Waals surface area contributed by atoms with Gasteiger partial charge in [0.05, 0.1) is 19.2 Å². The van der Waals surface area contributed by atoms with Gasteiger partial charge in [0.1, 0.15) is 11.9 Å². The SMILES string of the molecule is CC(CNC(=O)N1CCc2ccccc2C1CO)Oc1ccccc1. The van der Waals surface area contributed by atoms with Gasteiger partial charge in [-0.15, -0.1) is 0 Å². The quantitative estimate of drug-likeness (QED) is 0.880. The Bertz CT molecular complexity index is 705. The zero-order valence-corrected chi connectivity index (χ0v) is 14.4. The van der Waals surface area contributed by atoms with E-state index >= 15 is 0 Å². The van der Waals surface area contributed by atoms with Crippen molar-refractivity contribution < 1.29 is 14.6 Å². The maximum Gasteiger partial charge on any atom is 0.318 e. The summed E-state index contributed by atoms with van der Waals surface area (Å²) < 4.78 is 5.78. The topological polar surface area (TPSA) is 61.8 Å². The van der Waals surface area contributed by atoms with Crippen LogP contribution in [0.4, 0.5) is 4.79 Å². The van der Waals surface area contributed by atoms with Crippen molar-refractivity contribution in [2.24, 2.45) is 0 Å². The lowest BCUT2D eigenvalue weighted by atomic mass is 9.93. The zero-order valence-electron chi connectivity index (χ0n) is 14.4. The van der Waals surface area contributed by atoms with Crippen LogP contribution in [-0.2, 0) is 6.42 Å². The number of fused-ring (bicyclic) bond motifs is 1. The highest BCUT2D eigenvalue weighted by atomic mass is 16.5. The average Bonchev–Trinajstić information content (AvgIpc) is 2.66. The minimum atomic E-state index is -0.296. The molecule has 5 nitrogen and oxygen atoms in total. The number of carbonyl (C=O) groups is 1. The smallest absolute Gasteiger partial charge is 0.318 e. The first-order chi connectivity index (χ1) is 12.2. The summed E-state index contributed by atoms with van der Waals surface area (Å²) >= 11 is 0. The fourth-order valence-corrected chi connectivity index (χ4v) is 3.20. The van der Waals surface area contributed by atoms with Crippen molar-refractivity contribution in [3.63, 3.8) is 0 Å². The second-order valence-electron chi connectivity index (χ2n) is 6.27. The molecular formula is C20H24N2O3. The van der Waals surface area contributed by atoms with Crippen LogP contribution in [0.2, 0.25) is 0 Å². The molecule has 2 N–H and O–H groups in total. The molecule has 25 heavy (non-hydrogen) atoms. The summed E-state index contributed by atoms with van der Waals surface area (Å²) in [6, 6.07) is 17.1. The number of para-hydroxylation sites is 1. The molecule has 2 aromatic rings. The van der Waals surface area contributed by atoms with Crippen LogP contribution in [0, 0.1) is 0 Å². The van der Waals surface area contributed by atoms with Gasteiger partial charge in [-0.3, -0.25) is 0 Å². The number of aliphatic hydroxyl groups excluding tert-OH is 1. The maximum atomic E-state index is 12.6. The van der Waals surface area contributed by atoms with Crippen LogP contribution < -0.4 is 10.1 Å². The molecule has 1 heterocycles. The number of hydrogen-bond donors (Lipinski definition) is 2. The first-order valence-corrected chi connectivity index (χ1v) is 8.64. The second-order valence-corrected chi connectivity index (χ2v) is 6.27. The maximum absolute atomic E-state index is 12.6. The summed E-state index contributed by atoms with van der Waals surface area (Å²) in [5.41, 5.74) is 2.23. The normalized spacial score (nSPS) is 17.5. The van der Waals surface area contributed by atoms with Crippen molar-refractivity contribution in [2.45, 2.75) is 25.5 Å². The molecule has 2 atom stereocenters. The number of benzene rings is 2. The Balaban J connectivity index is 1.58.